The highest BCUT2D eigenvalue weighted by Crippen LogP contribution is 2.24. The maximum absolute atomic E-state index is 12.5. The average Bonchev–Trinajstić information content (AvgIpc) is 2.79. The molecule has 0 unspecified atom stereocenters. The smallest absolute Gasteiger partial charge is 0.328 e. The molecule has 0 atom stereocenters. The molecule has 0 spiro atoms. The van der Waals surface area contributed by atoms with Crippen LogP contribution in [0.5, 0.6) is 5.75 Å². The van der Waals surface area contributed by atoms with E-state index in [1.54, 1.807) is 55.1 Å². The molecule has 0 fully saturated rings. The summed E-state index contributed by atoms with van der Waals surface area (Å²) in [7, 11) is 4.89. The predicted molar refractivity (Wildman–Crippen MR) is 94.1 cm³/mol. The zero-order chi connectivity index (χ0) is 17.4. The highest BCUT2D eigenvalue weighted by atomic mass is 35.5. The van der Waals surface area contributed by atoms with E-state index in [4.69, 9.17) is 16.3 Å². The molecule has 1 amide bonds. The van der Waals surface area contributed by atoms with E-state index in [0.717, 1.165) is 11.0 Å². The summed E-state index contributed by atoms with van der Waals surface area (Å²) >= 11 is 5.96. The van der Waals surface area contributed by atoms with Gasteiger partial charge >= 0.3 is 5.69 Å². The van der Waals surface area contributed by atoms with E-state index >= 15 is 0 Å². The van der Waals surface area contributed by atoms with Gasteiger partial charge < -0.3 is 10.1 Å². The summed E-state index contributed by atoms with van der Waals surface area (Å²) in [4.78, 5) is 24.5. The highest BCUT2D eigenvalue weighted by molar-refractivity contribution is 6.31. The van der Waals surface area contributed by atoms with Gasteiger partial charge in [0.05, 0.1) is 23.7 Å². The number of aryl methyl sites for hydroxylation is 2. The molecule has 2 aromatic carbocycles. The molecule has 1 heterocycles. The van der Waals surface area contributed by atoms with Gasteiger partial charge in [0.2, 0.25) is 0 Å². The van der Waals surface area contributed by atoms with E-state index in [0.29, 0.717) is 22.0 Å². The van der Waals surface area contributed by atoms with Gasteiger partial charge in [-0.1, -0.05) is 11.6 Å². The molecule has 0 bridgehead atoms. The number of hydrogen-bond donors (Lipinski definition) is 1. The third kappa shape index (κ3) is 2.65. The Morgan fingerprint density at radius 1 is 1.08 bits per heavy atom. The van der Waals surface area contributed by atoms with Gasteiger partial charge in [-0.25, -0.2) is 4.79 Å². The first-order valence-corrected chi connectivity index (χ1v) is 7.60. The fourth-order valence-corrected chi connectivity index (χ4v) is 2.81. The molecular weight excluding hydrogens is 330 g/mol. The molecule has 6 nitrogen and oxygen atoms in total. The minimum Gasteiger partial charge on any atom is -0.496 e. The Hall–Kier alpha value is -2.73. The number of fused-ring (bicyclic) bond motifs is 1. The standard InChI is InChI=1S/C17H16ClN3O3/c1-20-13-6-5-11(9-14(13)21(2)17(20)23)19-16(22)12-8-10(18)4-7-15(12)24-3/h4-9H,1-3H3,(H,19,22). The Balaban J connectivity index is 1.98. The number of methoxy groups -OCH3 is 1. The second-order valence-electron chi connectivity index (χ2n) is 5.40. The summed E-state index contributed by atoms with van der Waals surface area (Å²) in [6.45, 7) is 0. The van der Waals surface area contributed by atoms with Crippen molar-refractivity contribution in [2.45, 2.75) is 0 Å². The Labute approximate surface area is 143 Å². The quantitative estimate of drug-likeness (QED) is 0.793. The zero-order valence-corrected chi connectivity index (χ0v) is 14.2. The van der Waals surface area contributed by atoms with Crippen LogP contribution in [0, 0.1) is 0 Å². The van der Waals surface area contributed by atoms with Crippen molar-refractivity contribution in [2.75, 3.05) is 12.4 Å². The maximum atomic E-state index is 12.5. The van der Waals surface area contributed by atoms with E-state index in [1.165, 1.54) is 11.7 Å². The van der Waals surface area contributed by atoms with Gasteiger partial charge in [0.25, 0.3) is 5.91 Å². The van der Waals surface area contributed by atoms with Crippen LogP contribution in [0.25, 0.3) is 11.0 Å². The van der Waals surface area contributed by atoms with Crippen LogP contribution in [0.15, 0.2) is 41.2 Å². The topological polar surface area (TPSA) is 65.3 Å². The fraction of sp³-hybridized carbons (Fsp3) is 0.176. The van der Waals surface area contributed by atoms with Crippen LogP contribution in [0.1, 0.15) is 10.4 Å². The van der Waals surface area contributed by atoms with Crippen LogP contribution in [0.2, 0.25) is 5.02 Å². The number of rotatable bonds is 3. The summed E-state index contributed by atoms with van der Waals surface area (Å²) in [6, 6.07) is 10.1. The molecule has 1 aromatic heterocycles. The molecule has 24 heavy (non-hydrogen) atoms. The van der Waals surface area contributed by atoms with E-state index in [-0.39, 0.29) is 11.6 Å². The lowest BCUT2D eigenvalue weighted by atomic mass is 10.1. The minimum atomic E-state index is -0.338. The molecule has 0 aliphatic heterocycles. The molecule has 124 valence electrons. The number of imidazole rings is 1. The van der Waals surface area contributed by atoms with Gasteiger partial charge in [-0.15, -0.1) is 0 Å². The van der Waals surface area contributed by atoms with E-state index in [2.05, 4.69) is 5.32 Å². The molecule has 0 aliphatic rings. The van der Waals surface area contributed by atoms with Crippen LogP contribution in [-0.2, 0) is 14.1 Å². The molecule has 1 N–H and O–H groups in total. The summed E-state index contributed by atoms with van der Waals surface area (Å²) in [5, 5.41) is 3.25. The normalized spacial score (nSPS) is 10.8. The number of halogens is 1. The molecule has 0 aliphatic carbocycles. The largest absolute Gasteiger partial charge is 0.496 e. The molecule has 0 radical (unpaired) electrons. The van der Waals surface area contributed by atoms with Crippen molar-refractivity contribution in [3.63, 3.8) is 0 Å². The first-order chi connectivity index (χ1) is 11.4. The van der Waals surface area contributed by atoms with Gasteiger partial charge in [0.15, 0.2) is 0 Å². The van der Waals surface area contributed by atoms with Crippen molar-refractivity contribution >= 4 is 34.2 Å². The lowest BCUT2D eigenvalue weighted by Crippen LogP contribution is -2.19. The van der Waals surface area contributed by atoms with Gasteiger partial charge in [-0.05, 0) is 36.4 Å². The van der Waals surface area contributed by atoms with Gasteiger partial charge in [-0.3, -0.25) is 13.9 Å². The second-order valence-corrected chi connectivity index (χ2v) is 5.84. The number of carbonyl (C=O) groups excluding carboxylic acids is 1. The van der Waals surface area contributed by atoms with Crippen molar-refractivity contribution in [1.82, 2.24) is 9.13 Å². The average molecular weight is 346 g/mol. The number of aromatic nitrogens is 2. The van der Waals surface area contributed by atoms with E-state index in [1.807, 2.05) is 0 Å². The third-order valence-corrected chi connectivity index (χ3v) is 4.17. The van der Waals surface area contributed by atoms with Crippen LogP contribution >= 0.6 is 11.6 Å². The number of nitrogens with one attached hydrogen (secondary N) is 1. The molecule has 7 heteroatoms. The van der Waals surface area contributed by atoms with Crippen molar-refractivity contribution in [3.05, 3.63) is 57.5 Å². The first kappa shape index (κ1) is 16.1. The lowest BCUT2D eigenvalue weighted by Gasteiger charge is -2.10. The fourth-order valence-electron chi connectivity index (χ4n) is 2.64. The highest BCUT2D eigenvalue weighted by Gasteiger charge is 2.14. The van der Waals surface area contributed by atoms with Gasteiger partial charge in [0.1, 0.15) is 5.75 Å². The number of amides is 1. The Morgan fingerprint density at radius 3 is 2.50 bits per heavy atom. The second kappa shape index (κ2) is 6.05. The van der Waals surface area contributed by atoms with Crippen molar-refractivity contribution < 1.29 is 9.53 Å². The zero-order valence-electron chi connectivity index (χ0n) is 13.5. The summed E-state index contributed by atoms with van der Waals surface area (Å²) in [5.41, 5.74) is 2.33. The van der Waals surface area contributed by atoms with Crippen LogP contribution in [0.3, 0.4) is 0 Å². The van der Waals surface area contributed by atoms with Crippen molar-refractivity contribution in [1.29, 1.82) is 0 Å². The van der Waals surface area contributed by atoms with Gasteiger partial charge in [-0.2, -0.15) is 0 Å². The van der Waals surface area contributed by atoms with E-state index in [9.17, 15) is 9.59 Å². The van der Waals surface area contributed by atoms with Crippen LogP contribution < -0.4 is 15.7 Å². The Kier molecular flexibility index (Phi) is 4.07. The lowest BCUT2D eigenvalue weighted by molar-refractivity contribution is 0.102. The Bertz CT molecular complexity index is 1000. The summed E-state index contributed by atoms with van der Waals surface area (Å²) in [5.74, 6) is 0.0970. The molecule has 0 saturated carbocycles. The minimum absolute atomic E-state index is 0.120. The molecule has 3 rings (SSSR count). The summed E-state index contributed by atoms with van der Waals surface area (Å²) < 4.78 is 8.29. The van der Waals surface area contributed by atoms with Crippen molar-refractivity contribution in [2.24, 2.45) is 14.1 Å². The number of carbonyl (C=O) groups is 1. The SMILES string of the molecule is COc1ccc(Cl)cc1C(=O)Nc1ccc2c(c1)n(C)c(=O)n2C. The number of hydrogen-bond acceptors (Lipinski definition) is 3. The third-order valence-electron chi connectivity index (χ3n) is 3.94. The number of anilines is 1. The van der Waals surface area contributed by atoms with Crippen LogP contribution in [-0.4, -0.2) is 22.2 Å². The number of nitrogens with zero attached hydrogens (tertiary/aromatic N) is 2. The van der Waals surface area contributed by atoms with Gasteiger partial charge in [0, 0.05) is 24.8 Å². The van der Waals surface area contributed by atoms with Crippen LogP contribution in [0.4, 0.5) is 5.69 Å². The number of benzene rings is 2. The number of ether oxygens (including phenoxy) is 1. The first-order valence-electron chi connectivity index (χ1n) is 7.22. The molecular formula is C17H16ClN3O3. The van der Waals surface area contributed by atoms with E-state index < -0.39 is 0 Å². The maximum Gasteiger partial charge on any atom is 0.328 e. The predicted octanol–water partition coefficient (Wildman–Crippen LogP) is 2.79. The molecule has 0 saturated heterocycles. The summed E-state index contributed by atoms with van der Waals surface area (Å²) in [6.07, 6.45) is 0. The van der Waals surface area contributed by atoms with Crippen molar-refractivity contribution in [3.8, 4) is 5.75 Å². The molecule has 3 aromatic rings. The monoisotopic (exact) mass is 345 g/mol. The Morgan fingerprint density at radius 2 is 1.79 bits per heavy atom.